The Hall–Kier alpha value is -6.18. The molecule has 0 fully saturated rings. The highest BCUT2D eigenvalue weighted by Gasteiger charge is 2.29. The Morgan fingerprint density at radius 1 is 0.333 bits per heavy atom. The van der Waals surface area contributed by atoms with Crippen LogP contribution in [0.25, 0.3) is 33.4 Å². The highest BCUT2D eigenvalue weighted by Crippen LogP contribution is 2.55. The van der Waals surface area contributed by atoms with Gasteiger partial charge in [-0.1, -0.05) is 194 Å². The lowest BCUT2D eigenvalue weighted by Gasteiger charge is -2.30. The Balaban J connectivity index is 1.37. The molecule has 57 heavy (non-hydrogen) atoms. The molecule has 0 spiro atoms. The summed E-state index contributed by atoms with van der Waals surface area (Å²) in [4.78, 5) is 0. The minimum Gasteiger partial charge on any atom is -0.384 e. The third-order valence-corrected chi connectivity index (χ3v) is 14.5. The third kappa shape index (κ3) is 7.94. The molecule has 0 radical (unpaired) electrons. The Morgan fingerprint density at radius 3 is 0.947 bits per heavy atom. The molecule has 1 aliphatic rings. The normalized spacial score (nSPS) is 12.2. The second-order valence-corrected chi connectivity index (χ2v) is 17.9. The van der Waals surface area contributed by atoms with E-state index in [0.29, 0.717) is 0 Å². The van der Waals surface area contributed by atoms with Gasteiger partial charge < -0.3 is 20.8 Å². The first-order chi connectivity index (χ1) is 28.3. The van der Waals surface area contributed by atoms with E-state index in [0.717, 1.165) is 75.6 Å². The van der Waals surface area contributed by atoms with Gasteiger partial charge in [-0.15, -0.1) is 0 Å². The van der Waals surface area contributed by atoms with E-state index in [-0.39, 0.29) is 0 Å². The van der Waals surface area contributed by atoms with Crippen LogP contribution in [0.15, 0.2) is 206 Å². The number of rotatable bonds is 10. The van der Waals surface area contributed by atoms with E-state index in [1.807, 2.05) is 0 Å². The zero-order valence-electron chi connectivity index (χ0n) is 31.6. The molecule has 4 nitrogen and oxygen atoms in total. The number of fused-ring (bicyclic) bond motifs is 3. The fourth-order valence-electron chi connectivity index (χ4n) is 7.59. The van der Waals surface area contributed by atoms with Crippen LogP contribution in [-0.4, -0.2) is 13.1 Å². The lowest BCUT2D eigenvalue weighted by atomic mass is 9.90. The lowest BCUT2D eigenvalue weighted by molar-refractivity contribution is 0.913. The van der Waals surface area contributed by atoms with Gasteiger partial charge in [-0.3, -0.25) is 0 Å². The monoisotopic (exact) mass is 774 g/mol. The van der Waals surface area contributed by atoms with Crippen LogP contribution in [0.3, 0.4) is 0 Å². The third-order valence-electron chi connectivity index (χ3n) is 10.3. The maximum absolute atomic E-state index is 4.29. The summed E-state index contributed by atoms with van der Waals surface area (Å²) in [5, 5.41) is 21.5. The maximum Gasteiger partial charge on any atom is 0.0559 e. The van der Waals surface area contributed by atoms with Crippen LogP contribution >= 0.6 is 16.1 Å². The summed E-state index contributed by atoms with van der Waals surface area (Å²) in [6.45, 7) is 1.69. The zero-order chi connectivity index (χ0) is 38.2. The average Bonchev–Trinajstić information content (AvgIpc) is 3.38. The fraction of sp³-hybridized carbons (Fsp3) is 0.0588. The number of benzene rings is 8. The van der Waals surface area contributed by atoms with E-state index in [2.05, 4.69) is 227 Å². The maximum atomic E-state index is 4.29. The molecule has 6 heteroatoms. The topological polar surface area (TPSA) is 48.1 Å². The molecule has 4 N–H and O–H groups in total. The van der Waals surface area contributed by atoms with Crippen molar-refractivity contribution < 1.29 is 0 Å². The summed E-state index contributed by atoms with van der Waals surface area (Å²) < 4.78 is 0. The molecule has 278 valence electrons. The minimum absolute atomic E-state index is 0.847. The van der Waals surface area contributed by atoms with Crippen LogP contribution in [0.4, 0.5) is 22.7 Å². The Kier molecular flexibility index (Phi) is 11.1. The first-order valence-electron chi connectivity index (χ1n) is 19.6. The Labute approximate surface area is 338 Å². The highest BCUT2D eigenvalue weighted by molar-refractivity contribution is 7.74. The highest BCUT2D eigenvalue weighted by atomic mass is 31.1. The molecule has 8 aromatic carbocycles. The second-order valence-electron chi connectivity index (χ2n) is 14.0. The van der Waals surface area contributed by atoms with Crippen LogP contribution in [0.1, 0.15) is 6.42 Å². The van der Waals surface area contributed by atoms with Crippen molar-refractivity contribution in [1.29, 1.82) is 0 Å². The molecule has 8 aromatic rings. The van der Waals surface area contributed by atoms with Crippen molar-refractivity contribution in [2.24, 2.45) is 0 Å². The van der Waals surface area contributed by atoms with Crippen molar-refractivity contribution >= 4 is 60.1 Å². The molecular formula is C51H44N4P2. The number of nitrogens with one attached hydrogen (secondary N) is 4. The lowest BCUT2D eigenvalue weighted by Crippen LogP contribution is -2.19. The van der Waals surface area contributed by atoms with Crippen LogP contribution in [0.5, 0.6) is 0 Å². The minimum atomic E-state index is -1.02. The van der Waals surface area contributed by atoms with Crippen LogP contribution in [0.2, 0.25) is 0 Å². The average molecular weight is 775 g/mol. The van der Waals surface area contributed by atoms with Gasteiger partial charge in [0.25, 0.3) is 0 Å². The summed E-state index contributed by atoms with van der Waals surface area (Å²) in [6, 6.07) is 74.5. The Morgan fingerprint density at radius 2 is 0.632 bits per heavy atom. The summed E-state index contributed by atoms with van der Waals surface area (Å²) in [5.41, 5.74) is 11.4. The first kappa shape index (κ1) is 36.5. The summed E-state index contributed by atoms with van der Waals surface area (Å²) >= 11 is 0. The van der Waals surface area contributed by atoms with E-state index >= 15 is 0 Å². The van der Waals surface area contributed by atoms with Gasteiger partial charge in [-0.2, -0.15) is 0 Å². The van der Waals surface area contributed by atoms with Gasteiger partial charge in [-0.05, 0) is 29.7 Å². The molecule has 0 amide bonds. The second kappa shape index (κ2) is 17.3. The van der Waals surface area contributed by atoms with E-state index in [9.17, 15) is 0 Å². The molecule has 0 atom stereocenters. The summed E-state index contributed by atoms with van der Waals surface area (Å²) in [6.07, 6.45) is 0.979. The van der Waals surface area contributed by atoms with Gasteiger partial charge >= 0.3 is 0 Å². The van der Waals surface area contributed by atoms with Gasteiger partial charge in [0.2, 0.25) is 0 Å². The van der Waals surface area contributed by atoms with Gasteiger partial charge in [0.05, 0.1) is 27.5 Å². The molecule has 0 aliphatic carbocycles. The van der Waals surface area contributed by atoms with E-state index < -0.39 is 16.1 Å². The van der Waals surface area contributed by atoms with E-state index in [1.54, 1.807) is 0 Å². The van der Waals surface area contributed by atoms with Crippen molar-refractivity contribution in [3.63, 3.8) is 0 Å². The smallest absolute Gasteiger partial charge is 0.0559 e. The van der Waals surface area contributed by atoms with Crippen molar-refractivity contribution in [2.45, 2.75) is 6.42 Å². The largest absolute Gasteiger partial charge is 0.384 e. The zero-order valence-corrected chi connectivity index (χ0v) is 33.4. The quantitative estimate of drug-likeness (QED) is 0.105. The molecule has 9 rings (SSSR count). The van der Waals surface area contributed by atoms with Crippen molar-refractivity contribution in [1.82, 2.24) is 0 Å². The van der Waals surface area contributed by atoms with Crippen LogP contribution < -0.4 is 42.0 Å². The van der Waals surface area contributed by atoms with Gasteiger partial charge in [0.1, 0.15) is 0 Å². The van der Waals surface area contributed by atoms with Gasteiger partial charge in [-0.25, -0.2) is 0 Å². The van der Waals surface area contributed by atoms with Gasteiger partial charge in [0, 0.05) is 67.9 Å². The summed E-state index contributed by atoms with van der Waals surface area (Å²) in [7, 11) is -2.05. The number of hydrogen-bond donors (Lipinski definition) is 4. The number of hydrogen-bond acceptors (Lipinski definition) is 4. The van der Waals surface area contributed by atoms with E-state index in [4.69, 9.17) is 0 Å². The first-order valence-corrected chi connectivity index (χ1v) is 22.3. The molecule has 0 saturated heterocycles. The van der Waals surface area contributed by atoms with Crippen LogP contribution in [0, 0.1) is 0 Å². The molecule has 0 aromatic heterocycles. The van der Waals surface area contributed by atoms with Crippen molar-refractivity contribution in [3.8, 4) is 33.4 Å². The van der Waals surface area contributed by atoms with Crippen LogP contribution in [-0.2, 0) is 0 Å². The SMILES string of the molecule is c1ccc(-c2ccc3c(c2NP(c2ccccc2)c2ccccc2)-c2c(ccc(-c4ccccc4)c2NP(c2ccccc2)c2ccccc2)NCCCN3)cc1. The molecule has 1 heterocycles. The van der Waals surface area contributed by atoms with Crippen molar-refractivity contribution in [2.75, 3.05) is 33.9 Å². The Bertz CT molecular complexity index is 2280. The molecular weight excluding hydrogens is 731 g/mol. The predicted molar refractivity (Wildman–Crippen MR) is 250 cm³/mol. The predicted octanol–water partition coefficient (Wildman–Crippen LogP) is 11.8. The summed E-state index contributed by atoms with van der Waals surface area (Å²) in [5.74, 6) is 0. The molecule has 1 aliphatic heterocycles. The molecule has 0 unspecified atom stereocenters. The standard InChI is InChI=1S/C51H44N4P2/c1-7-20-38(21-8-1)44-32-34-46-48(50(44)54-56(40-24-11-3-12-25-40)41-26-13-4-14-27-41)49-47(53-37-19-36-52-46)35-33-45(39-22-9-2-10-23-39)51(49)55-57(42-28-15-5-16-29-42)43-30-17-6-18-31-43/h1-18,20-35,52-55H,19,36-37H2. The molecule has 0 saturated carbocycles. The fourth-order valence-corrected chi connectivity index (χ4v) is 11.5. The van der Waals surface area contributed by atoms with Gasteiger partial charge in [0.15, 0.2) is 0 Å². The van der Waals surface area contributed by atoms with Crippen molar-refractivity contribution in [3.05, 3.63) is 206 Å². The molecule has 0 bridgehead atoms. The van der Waals surface area contributed by atoms with E-state index in [1.165, 1.54) is 21.2 Å². The number of anilines is 4.